The van der Waals surface area contributed by atoms with Crippen LogP contribution in [0.25, 0.3) is 10.2 Å². The minimum absolute atomic E-state index is 0.393. The highest BCUT2D eigenvalue weighted by atomic mass is 32.1. The highest BCUT2D eigenvalue weighted by Gasteiger charge is 2.34. The van der Waals surface area contributed by atoms with E-state index in [-0.39, 0.29) is 0 Å². The fourth-order valence-corrected chi connectivity index (χ4v) is 3.47. The van der Waals surface area contributed by atoms with E-state index in [1.165, 1.54) is 16.2 Å². The maximum Gasteiger partial charge on any atom is 0.326 e. The van der Waals surface area contributed by atoms with Crippen molar-refractivity contribution in [1.29, 1.82) is 0 Å². The number of aliphatic carboxylic acids is 1. The van der Waals surface area contributed by atoms with Gasteiger partial charge in [0.25, 0.3) is 0 Å². The Labute approximate surface area is 125 Å². The molecular weight excluding hydrogens is 290 g/mol. The molecule has 0 bridgehead atoms. The first-order valence-corrected chi connectivity index (χ1v) is 7.54. The molecule has 7 heteroatoms. The number of carbonyl (C=O) groups is 2. The molecule has 110 valence electrons. The van der Waals surface area contributed by atoms with Crippen LogP contribution < -0.4 is 5.32 Å². The number of benzene rings is 1. The minimum Gasteiger partial charge on any atom is -0.480 e. The first kappa shape index (κ1) is 13.8. The van der Waals surface area contributed by atoms with E-state index in [2.05, 4.69) is 10.3 Å². The van der Waals surface area contributed by atoms with Gasteiger partial charge in [0.15, 0.2) is 5.13 Å². The van der Waals surface area contributed by atoms with Gasteiger partial charge in [0.05, 0.1) is 10.2 Å². The Morgan fingerprint density at radius 3 is 3.05 bits per heavy atom. The predicted molar refractivity (Wildman–Crippen MR) is 80.7 cm³/mol. The fourth-order valence-electron chi connectivity index (χ4n) is 2.52. The number of hydrogen-bond donors (Lipinski definition) is 2. The number of nitrogens with one attached hydrogen (secondary N) is 1. The van der Waals surface area contributed by atoms with Crippen LogP contribution in [0.5, 0.6) is 0 Å². The zero-order valence-corrected chi connectivity index (χ0v) is 12.3. The number of anilines is 1. The summed E-state index contributed by atoms with van der Waals surface area (Å²) >= 11 is 1.39. The van der Waals surface area contributed by atoms with Crippen molar-refractivity contribution in [2.75, 3.05) is 11.9 Å². The molecule has 21 heavy (non-hydrogen) atoms. The van der Waals surface area contributed by atoms with Gasteiger partial charge in [-0.2, -0.15) is 0 Å². The molecule has 1 aromatic heterocycles. The van der Waals surface area contributed by atoms with Crippen LogP contribution in [0.3, 0.4) is 0 Å². The van der Waals surface area contributed by atoms with Gasteiger partial charge in [-0.1, -0.05) is 17.4 Å². The molecule has 1 aliphatic heterocycles. The number of urea groups is 1. The highest BCUT2D eigenvalue weighted by Crippen LogP contribution is 2.27. The standard InChI is InChI=1S/C14H15N3O3S/c1-8-4-5-9-11(7-8)21-13(15-9)16-14(20)17-6-2-3-10(17)12(18)19/h4-5,7,10H,2-3,6H2,1H3,(H,18,19)(H,15,16,20)/t10-/m0/s1. The van der Waals surface area contributed by atoms with Gasteiger partial charge in [-0.25, -0.2) is 14.6 Å². The molecule has 1 aliphatic rings. The van der Waals surface area contributed by atoms with Crippen molar-refractivity contribution in [3.63, 3.8) is 0 Å². The highest BCUT2D eigenvalue weighted by molar-refractivity contribution is 7.22. The number of carboxylic acids is 1. The molecule has 2 amide bonds. The van der Waals surface area contributed by atoms with Crippen LogP contribution in [0.1, 0.15) is 18.4 Å². The molecular formula is C14H15N3O3S. The fraction of sp³-hybridized carbons (Fsp3) is 0.357. The van der Waals surface area contributed by atoms with E-state index in [1.54, 1.807) is 0 Å². The molecule has 0 radical (unpaired) electrons. The van der Waals surface area contributed by atoms with Crippen molar-refractivity contribution in [2.24, 2.45) is 0 Å². The Bertz CT molecular complexity index is 713. The van der Waals surface area contributed by atoms with Gasteiger partial charge in [0.2, 0.25) is 0 Å². The van der Waals surface area contributed by atoms with Gasteiger partial charge in [-0.15, -0.1) is 0 Å². The molecule has 0 unspecified atom stereocenters. The zero-order valence-electron chi connectivity index (χ0n) is 11.5. The number of hydrogen-bond acceptors (Lipinski definition) is 4. The van der Waals surface area contributed by atoms with E-state index in [4.69, 9.17) is 5.11 Å². The predicted octanol–water partition coefficient (Wildman–Crippen LogP) is 2.69. The van der Waals surface area contributed by atoms with Crippen molar-refractivity contribution >= 4 is 38.7 Å². The molecule has 0 aliphatic carbocycles. The van der Waals surface area contributed by atoms with Crippen LogP contribution in [0, 0.1) is 6.92 Å². The Hall–Kier alpha value is -2.15. The minimum atomic E-state index is -0.956. The van der Waals surface area contributed by atoms with E-state index in [0.717, 1.165) is 15.8 Å². The van der Waals surface area contributed by atoms with Crippen LogP contribution in [0.2, 0.25) is 0 Å². The smallest absolute Gasteiger partial charge is 0.326 e. The second-order valence-electron chi connectivity index (χ2n) is 5.11. The summed E-state index contributed by atoms with van der Waals surface area (Å²) in [6, 6.07) is 4.76. The monoisotopic (exact) mass is 305 g/mol. The molecule has 2 N–H and O–H groups in total. The van der Waals surface area contributed by atoms with Gasteiger partial charge in [-0.05, 0) is 37.5 Å². The normalized spacial score (nSPS) is 18.1. The van der Waals surface area contributed by atoms with E-state index < -0.39 is 18.0 Å². The first-order chi connectivity index (χ1) is 10.0. The van der Waals surface area contributed by atoms with E-state index in [1.807, 2.05) is 25.1 Å². The summed E-state index contributed by atoms with van der Waals surface area (Å²) in [5.41, 5.74) is 1.96. The van der Waals surface area contributed by atoms with Gasteiger partial charge >= 0.3 is 12.0 Å². The first-order valence-electron chi connectivity index (χ1n) is 6.72. The quantitative estimate of drug-likeness (QED) is 0.893. The maximum absolute atomic E-state index is 12.2. The second-order valence-corrected chi connectivity index (χ2v) is 6.14. The molecule has 1 fully saturated rings. The third-order valence-corrected chi connectivity index (χ3v) is 4.49. The molecule has 6 nitrogen and oxygen atoms in total. The third kappa shape index (κ3) is 2.69. The molecule has 2 heterocycles. The average molecular weight is 305 g/mol. The van der Waals surface area contributed by atoms with Crippen LogP contribution in [-0.4, -0.2) is 39.6 Å². The van der Waals surface area contributed by atoms with Crippen LogP contribution in [0.4, 0.5) is 9.93 Å². The summed E-state index contributed by atoms with van der Waals surface area (Å²) in [5.74, 6) is -0.956. The van der Waals surface area contributed by atoms with Gasteiger partial charge < -0.3 is 10.0 Å². The van der Waals surface area contributed by atoms with Crippen molar-refractivity contribution in [3.8, 4) is 0 Å². The molecule has 1 saturated heterocycles. The molecule has 0 spiro atoms. The lowest BCUT2D eigenvalue weighted by Crippen LogP contribution is -2.42. The van der Waals surface area contributed by atoms with E-state index in [9.17, 15) is 9.59 Å². The SMILES string of the molecule is Cc1ccc2nc(NC(=O)N3CCC[C@H]3C(=O)O)sc2c1. The largest absolute Gasteiger partial charge is 0.480 e. The number of aromatic nitrogens is 1. The lowest BCUT2D eigenvalue weighted by molar-refractivity contribution is -0.141. The van der Waals surface area contributed by atoms with Crippen LogP contribution in [-0.2, 0) is 4.79 Å². The summed E-state index contributed by atoms with van der Waals surface area (Å²) in [7, 11) is 0. The number of likely N-dealkylation sites (tertiary alicyclic amines) is 1. The maximum atomic E-state index is 12.2. The lowest BCUT2D eigenvalue weighted by Gasteiger charge is -2.20. The Balaban J connectivity index is 1.78. The third-order valence-electron chi connectivity index (χ3n) is 3.56. The Morgan fingerprint density at radius 2 is 2.29 bits per heavy atom. The zero-order chi connectivity index (χ0) is 15.0. The van der Waals surface area contributed by atoms with Crippen LogP contribution in [0.15, 0.2) is 18.2 Å². The summed E-state index contributed by atoms with van der Waals surface area (Å²) in [4.78, 5) is 29.0. The Kier molecular flexibility index (Phi) is 3.50. The van der Waals surface area contributed by atoms with Crippen molar-refractivity contribution in [1.82, 2.24) is 9.88 Å². The van der Waals surface area contributed by atoms with Gasteiger partial charge in [0, 0.05) is 6.54 Å². The number of rotatable bonds is 2. The van der Waals surface area contributed by atoms with E-state index in [0.29, 0.717) is 24.5 Å². The topological polar surface area (TPSA) is 82.5 Å². The van der Waals surface area contributed by atoms with E-state index >= 15 is 0 Å². The Morgan fingerprint density at radius 1 is 1.48 bits per heavy atom. The summed E-state index contributed by atoms with van der Waals surface area (Å²) in [6.07, 6.45) is 1.21. The number of aryl methyl sites for hydroxylation is 1. The average Bonchev–Trinajstić information content (AvgIpc) is 3.03. The van der Waals surface area contributed by atoms with Crippen molar-refractivity contribution < 1.29 is 14.7 Å². The second kappa shape index (κ2) is 5.33. The number of thiazole rings is 1. The van der Waals surface area contributed by atoms with Crippen molar-refractivity contribution in [2.45, 2.75) is 25.8 Å². The molecule has 1 aromatic carbocycles. The number of amides is 2. The summed E-state index contributed by atoms with van der Waals surface area (Å²) < 4.78 is 1.00. The molecule has 1 atom stereocenters. The number of fused-ring (bicyclic) bond motifs is 1. The summed E-state index contributed by atoms with van der Waals surface area (Å²) in [5, 5.41) is 12.3. The number of nitrogens with zero attached hydrogens (tertiary/aromatic N) is 2. The lowest BCUT2D eigenvalue weighted by atomic mass is 10.2. The van der Waals surface area contributed by atoms with Gasteiger partial charge in [-0.3, -0.25) is 5.32 Å². The molecule has 2 aromatic rings. The molecule has 0 saturated carbocycles. The van der Waals surface area contributed by atoms with Gasteiger partial charge in [0.1, 0.15) is 6.04 Å². The summed E-state index contributed by atoms with van der Waals surface area (Å²) in [6.45, 7) is 2.46. The number of carboxylic acid groups (broad SMARTS) is 1. The molecule has 3 rings (SSSR count). The van der Waals surface area contributed by atoms with Crippen molar-refractivity contribution in [3.05, 3.63) is 23.8 Å². The number of carbonyl (C=O) groups excluding carboxylic acids is 1. The van der Waals surface area contributed by atoms with Crippen LogP contribution >= 0.6 is 11.3 Å².